The maximum Gasteiger partial charge on any atom is 0.291 e. The Bertz CT molecular complexity index is 1490. The zero-order valence-electron chi connectivity index (χ0n) is 18.4. The van der Waals surface area contributed by atoms with Crippen molar-refractivity contribution in [2.75, 3.05) is 7.05 Å². The number of benzene rings is 3. The van der Waals surface area contributed by atoms with E-state index in [1.165, 1.54) is 4.68 Å². The van der Waals surface area contributed by atoms with Crippen molar-refractivity contribution < 1.29 is 4.79 Å². The Hall–Kier alpha value is -4.19. The summed E-state index contributed by atoms with van der Waals surface area (Å²) >= 11 is 0. The lowest BCUT2D eigenvalue weighted by Crippen LogP contribution is -2.35. The van der Waals surface area contributed by atoms with Crippen LogP contribution in [0.2, 0.25) is 0 Å². The van der Waals surface area contributed by atoms with E-state index < -0.39 is 0 Å². The summed E-state index contributed by atoms with van der Waals surface area (Å²) in [5.74, 6) is -0.168. The second-order valence-electron chi connectivity index (χ2n) is 8.19. The summed E-state index contributed by atoms with van der Waals surface area (Å²) < 4.78 is 3.30. The van der Waals surface area contributed by atoms with Gasteiger partial charge in [-0.3, -0.25) is 9.59 Å². The molecule has 0 unspecified atom stereocenters. The first-order valence-corrected chi connectivity index (χ1v) is 10.9. The smallest absolute Gasteiger partial charge is 0.291 e. The van der Waals surface area contributed by atoms with Crippen molar-refractivity contribution in [2.45, 2.75) is 19.6 Å². The highest BCUT2D eigenvalue weighted by atomic mass is 16.2. The van der Waals surface area contributed by atoms with E-state index in [0.717, 1.165) is 27.4 Å². The molecule has 0 atom stereocenters. The van der Waals surface area contributed by atoms with Crippen LogP contribution < -0.4 is 5.56 Å². The van der Waals surface area contributed by atoms with E-state index in [2.05, 4.69) is 5.10 Å². The molecule has 2 aromatic heterocycles. The Morgan fingerprint density at radius 1 is 0.848 bits per heavy atom. The highest BCUT2D eigenvalue weighted by Crippen LogP contribution is 2.27. The molecule has 0 bridgehead atoms. The van der Waals surface area contributed by atoms with Gasteiger partial charge in [0.2, 0.25) is 5.91 Å². The maximum atomic E-state index is 13.5. The molecule has 0 fully saturated rings. The first-order valence-electron chi connectivity index (χ1n) is 10.9. The topological polar surface area (TPSA) is 60.1 Å². The molecule has 5 rings (SSSR count). The van der Waals surface area contributed by atoms with Crippen LogP contribution in [0.5, 0.6) is 0 Å². The van der Waals surface area contributed by atoms with E-state index in [-0.39, 0.29) is 18.0 Å². The van der Waals surface area contributed by atoms with E-state index in [1.54, 1.807) is 18.1 Å². The Kier molecular flexibility index (Phi) is 5.48. The Labute approximate surface area is 191 Å². The van der Waals surface area contributed by atoms with E-state index >= 15 is 0 Å². The van der Waals surface area contributed by atoms with Gasteiger partial charge in [0, 0.05) is 36.4 Å². The maximum absolute atomic E-state index is 13.5. The summed E-state index contributed by atoms with van der Waals surface area (Å²) in [6.07, 6.45) is 1.70. The quantitative estimate of drug-likeness (QED) is 0.403. The van der Waals surface area contributed by atoms with Gasteiger partial charge in [-0.2, -0.15) is 5.10 Å². The number of para-hydroxylation sites is 1. The van der Waals surface area contributed by atoms with Gasteiger partial charge in [0.05, 0.1) is 6.20 Å². The zero-order chi connectivity index (χ0) is 22.8. The van der Waals surface area contributed by atoms with Gasteiger partial charge in [-0.1, -0.05) is 78.9 Å². The standard InChI is InChI=1S/C27H24N4O2/c1-29(17-20-10-4-2-5-11-20)25(32)19-31-27(33)26-23(16-28-31)22-14-8-9-15-24(22)30(26)18-21-12-6-3-7-13-21/h2-16H,17-19H2,1H3. The molecular formula is C27H24N4O2. The van der Waals surface area contributed by atoms with Gasteiger partial charge >= 0.3 is 0 Å². The Morgan fingerprint density at radius 2 is 1.48 bits per heavy atom. The minimum atomic E-state index is -0.263. The third-order valence-corrected chi connectivity index (χ3v) is 5.93. The van der Waals surface area contributed by atoms with Crippen molar-refractivity contribution in [1.82, 2.24) is 19.2 Å². The van der Waals surface area contributed by atoms with Crippen molar-refractivity contribution in [1.29, 1.82) is 0 Å². The monoisotopic (exact) mass is 436 g/mol. The summed E-state index contributed by atoms with van der Waals surface area (Å²) in [7, 11) is 1.74. The molecule has 33 heavy (non-hydrogen) atoms. The fourth-order valence-electron chi connectivity index (χ4n) is 4.23. The highest BCUT2D eigenvalue weighted by molar-refractivity contribution is 6.07. The molecule has 5 aromatic rings. The molecular weight excluding hydrogens is 412 g/mol. The number of nitrogens with zero attached hydrogens (tertiary/aromatic N) is 4. The van der Waals surface area contributed by atoms with Crippen LogP contribution >= 0.6 is 0 Å². The first kappa shape index (κ1) is 20.7. The number of carbonyl (C=O) groups excluding carboxylic acids is 1. The molecule has 0 aliphatic carbocycles. The molecule has 3 aromatic carbocycles. The van der Waals surface area contributed by atoms with Crippen LogP contribution in [0.25, 0.3) is 21.8 Å². The third kappa shape index (κ3) is 4.03. The average molecular weight is 437 g/mol. The molecule has 0 saturated carbocycles. The fourth-order valence-corrected chi connectivity index (χ4v) is 4.23. The molecule has 6 heteroatoms. The molecule has 2 heterocycles. The number of aromatic nitrogens is 3. The van der Waals surface area contributed by atoms with Crippen LogP contribution in [0.4, 0.5) is 0 Å². The first-order chi connectivity index (χ1) is 16.1. The lowest BCUT2D eigenvalue weighted by Gasteiger charge is -2.17. The summed E-state index contributed by atoms with van der Waals surface area (Å²) in [5.41, 5.74) is 3.41. The van der Waals surface area contributed by atoms with Gasteiger partial charge in [-0.25, -0.2) is 4.68 Å². The summed E-state index contributed by atoms with van der Waals surface area (Å²) in [6, 6.07) is 27.8. The van der Waals surface area contributed by atoms with Gasteiger partial charge in [0.1, 0.15) is 12.1 Å². The van der Waals surface area contributed by atoms with Crippen molar-refractivity contribution in [3.05, 3.63) is 113 Å². The minimum absolute atomic E-state index is 0.106. The molecule has 0 N–H and O–H groups in total. The molecule has 0 saturated heterocycles. The molecule has 0 spiro atoms. The van der Waals surface area contributed by atoms with E-state index in [1.807, 2.05) is 89.5 Å². The molecule has 0 radical (unpaired) electrons. The van der Waals surface area contributed by atoms with Gasteiger partial charge in [0.15, 0.2) is 0 Å². The SMILES string of the molecule is CN(Cc1ccccc1)C(=O)Cn1ncc2c3ccccc3n(Cc3ccccc3)c2c1=O. The van der Waals surface area contributed by atoms with Gasteiger partial charge < -0.3 is 9.47 Å². The molecule has 0 aliphatic heterocycles. The van der Waals surface area contributed by atoms with Crippen LogP contribution in [0.15, 0.2) is 95.9 Å². The number of hydrogen-bond donors (Lipinski definition) is 0. The third-order valence-electron chi connectivity index (χ3n) is 5.93. The van der Waals surface area contributed by atoms with Crippen molar-refractivity contribution in [3.8, 4) is 0 Å². The van der Waals surface area contributed by atoms with Gasteiger partial charge in [-0.15, -0.1) is 0 Å². The lowest BCUT2D eigenvalue weighted by atomic mass is 10.2. The average Bonchev–Trinajstić information content (AvgIpc) is 3.16. The van der Waals surface area contributed by atoms with Crippen molar-refractivity contribution in [3.63, 3.8) is 0 Å². The van der Waals surface area contributed by atoms with E-state index in [4.69, 9.17) is 0 Å². The predicted octanol–water partition coefficient (Wildman–Crippen LogP) is 4.06. The summed E-state index contributed by atoms with van der Waals surface area (Å²) in [4.78, 5) is 28.0. The molecule has 0 aliphatic rings. The van der Waals surface area contributed by atoms with Crippen LogP contribution in [0.1, 0.15) is 11.1 Å². The number of amides is 1. The molecule has 1 amide bonds. The van der Waals surface area contributed by atoms with Crippen LogP contribution in [-0.4, -0.2) is 32.2 Å². The van der Waals surface area contributed by atoms with E-state index in [0.29, 0.717) is 18.6 Å². The largest absolute Gasteiger partial charge is 0.340 e. The van der Waals surface area contributed by atoms with Crippen molar-refractivity contribution in [2.24, 2.45) is 0 Å². The summed E-state index contributed by atoms with van der Waals surface area (Å²) in [5, 5.41) is 6.13. The van der Waals surface area contributed by atoms with Crippen LogP contribution in [-0.2, 0) is 24.4 Å². The predicted molar refractivity (Wildman–Crippen MR) is 130 cm³/mol. The number of rotatable bonds is 6. The summed E-state index contributed by atoms with van der Waals surface area (Å²) in [6.45, 7) is 0.932. The second-order valence-corrected chi connectivity index (χ2v) is 8.19. The highest BCUT2D eigenvalue weighted by Gasteiger charge is 2.18. The van der Waals surface area contributed by atoms with Crippen LogP contribution in [0.3, 0.4) is 0 Å². The zero-order valence-corrected chi connectivity index (χ0v) is 18.4. The Balaban J connectivity index is 1.53. The second kappa shape index (κ2) is 8.74. The minimum Gasteiger partial charge on any atom is -0.340 e. The normalized spacial score (nSPS) is 11.2. The molecule has 164 valence electrons. The van der Waals surface area contributed by atoms with Gasteiger partial charge in [-0.05, 0) is 17.2 Å². The number of likely N-dealkylation sites (N-methyl/N-ethyl adjacent to an activating group) is 1. The Morgan fingerprint density at radius 3 is 2.21 bits per heavy atom. The number of fused-ring (bicyclic) bond motifs is 3. The van der Waals surface area contributed by atoms with Crippen molar-refractivity contribution >= 4 is 27.7 Å². The lowest BCUT2D eigenvalue weighted by molar-refractivity contribution is -0.131. The fraction of sp³-hybridized carbons (Fsp3) is 0.148. The number of carbonyl (C=O) groups is 1. The van der Waals surface area contributed by atoms with Gasteiger partial charge in [0.25, 0.3) is 5.56 Å². The van der Waals surface area contributed by atoms with Crippen LogP contribution in [0, 0.1) is 0 Å². The molecule has 6 nitrogen and oxygen atoms in total. The number of hydrogen-bond acceptors (Lipinski definition) is 3. The van der Waals surface area contributed by atoms with E-state index in [9.17, 15) is 9.59 Å².